The third-order valence-electron chi connectivity index (χ3n) is 6.22. The molecule has 0 unspecified atom stereocenters. The van der Waals surface area contributed by atoms with Crippen LogP contribution < -0.4 is 4.18 Å². The summed E-state index contributed by atoms with van der Waals surface area (Å²) in [4.78, 5) is 4.74. The Labute approximate surface area is 203 Å². The van der Waals surface area contributed by atoms with Gasteiger partial charge in [0.1, 0.15) is 0 Å². The van der Waals surface area contributed by atoms with Gasteiger partial charge >= 0.3 is 15.6 Å². The lowest BCUT2D eigenvalue weighted by Crippen LogP contribution is -2.29. The first kappa shape index (κ1) is 25.0. The fourth-order valence-corrected chi connectivity index (χ4v) is 4.82. The highest BCUT2D eigenvalue weighted by Gasteiger charge is 2.49. The summed E-state index contributed by atoms with van der Waals surface area (Å²) >= 11 is 0. The molecule has 4 nitrogen and oxygen atoms in total. The van der Waals surface area contributed by atoms with Gasteiger partial charge in [-0.1, -0.05) is 66.7 Å². The first-order chi connectivity index (χ1) is 16.5. The Kier molecular flexibility index (Phi) is 7.03. The smallest absolute Gasteiger partial charge is 0.375 e. The molecule has 0 saturated carbocycles. The van der Waals surface area contributed by atoms with Crippen LogP contribution in [0.1, 0.15) is 53.3 Å². The van der Waals surface area contributed by atoms with Gasteiger partial charge in [0.05, 0.1) is 6.04 Å². The molecule has 0 N–H and O–H groups in total. The minimum Gasteiger partial charge on any atom is -0.375 e. The van der Waals surface area contributed by atoms with Crippen LogP contribution in [-0.4, -0.2) is 19.6 Å². The molecular weight excluding hydrogens is 475 g/mol. The molecule has 3 aromatic rings. The molecule has 0 saturated heterocycles. The Bertz CT molecular complexity index is 1330. The lowest BCUT2D eigenvalue weighted by atomic mass is 9.90. The second-order valence-electron chi connectivity index (χ2n) is 8.69. The zero-order valence-electron chi connectivity index (χ0n) is 19.5. The van der Waals surface area contributed by atoms with E-state index in [1.165, 1.54) is 0 Å². The number of benzene rings is 3. The van der Waals surface area contributed by atoms with Crippen LogP contribution in [-0.2, 0) is 35.8 Å². The van der Waals surface area contributed by atoms with Crippen molar-refractivity contribution >= 4 is 15.8 Å². The summed E-state index contributed by atoms with van der Waals surface area (Å²) in [6, 6.07) is 20.8. The van der Waals surface area contributed by atoms with Crippen LogP contribution >= 0.6 is 0 Å². The molecule has 0 radical (unpaired) electrons. The summed E-state index contributed by atoms with van der Waals surface area (Å²) in [6.45, 7) is 3.57. The minimum atomic E-state index is -5.86. The van der Waals surface area contributed by atoms with Crippen LogP contribution in [0.3, 0.4) is 0 Å². The number of aliphatic imine (C=N–C) groups is 1. The molecule has 0 aliphatic heterocycles. The predicted octanol–water partition coefficient (Wildman–Crippen LogP) is 6.37. The van der Waals surface area contributed by atoms with Crippen molar-refractivity contribution < 1.29 is 25.8 Å². The Morgan fingerprint density at radius 3 is 1.97 bits per heavy atom. The van der Waals surface area contributed by atoms with E-state index in [0.717, 1.165) is 16.7 Å². The third-order valence-corrected chi connectivity index (χ3v) is 7.18. The van der Waals surface area contributed by atoms with Gasteiger partial charge < -0.3 is 4.18 Å². The maximum Gasteiger partial charge on any atom is 0.534 e. The zero-order chi connectivity index (χ0) is 25.2. The van der Waals surface area contributed by atoms with Crippen molar-refractivity contribution in [3.63, 3.8) is 0 Å². The molecule has 0 amide bonds. The number of hydrogen-bond acceptors (Lipinski definition) is 4. The summed E-state index contributed by atoms with van der Waals surface area (Å²) in [5, 5.41) is 0. The van der Waals surface area contributed by atoms with Crippen molar-refractivity contribution in [1.29, 1.82) is 0 Å². The molecule has 0 spiro atoms. The van der Waals surface area contributed by atoms with E-state index in [1.807, 2.05) is 67.6 Å². The van der Waals surface area contributed by atoms with E-state index in [0.29, 0.717) is 48.1 Å². The first-order valence-corrected chi connectivity index (χ1v) is 12.8. The summed E-state index contributed by atoms with van der Waals surface area (Å²) in [6.07, 6.45) is 1.97. The Morgan fingerprint density at radius 1 is 0.857 bits per heavy atom. The van der Waals surface area contributed by atoms with Crippen LogP contribution in [0.4, 0.5) is 13.2 Å². The van der Waals surface area contributed by atoms with Gasteiger partial charge in [-0.3, -0.25) is 4.99 Å². The first-order valence-electron chi connectivity index (χ1n) is 11.4. The van der Waals surface area contributed by atoms with E-state index in [1.54, 1.807) is 13.0 Å². The molecule has 0 aromatic heterocycles. The van der Waals surface area contributed by atoms with Gasteiger partial charge in [-0.05, 0) is 67.3 Å². The number of nitrogens with zero attached hydrogens (tertiary/aromatic N) is 1. The Hall–Kier alpha value is -3.13. The summed E-state index contributed by atoms with van der Waals surface area (Å²) in [5.41, 5.74) is -0.695. The third kappa shape index (κ3) is 5.59. The predicted molar refractivity (Wildman–Crippen MR) is 130 cm³/mol. The van der Waals surface area contributed by atoms with E-state index >= 15 is 0 Å². The highest BCUT2D eigenvalue weighted by atomic mass is 32.2. The average molecular weight is 502 g/mol. The van der Waals surface area contributed by atoms with Gasteiger partial charge in [0.2, 0.25) is 0 Å². The molecule has 4 aliphatic carbocycles. The highest BCUT2D eigenvalue weighted by Crippen LogP contribution is 2.36. The standard InChI is InChI=1S/C27H26F3NO3S/c1-18(22-6-4-3-5-7-22)31-19(2)25-23-14-12-20-8-10-21(11-9-20)13-15-24(17-16-23)26(25)34-35(32,33)27(28,29)30/h3-11,16-18H,12-15H2,1-2H3/t18-/m1/s1. The Balaban J connectivity index is 1.87. The van der Waals surface area contributed by atoms with E-state index in [-0.39, 0.29) is 11.8 Å². The lowest BCUT2D eigenvalue weighted by Gasteiger charge is -2.21. The zero-order valence-corrected chi connectivity index (χ0v) is 20.3. The van der Waals surface area contributed by atoms with Crippen molar-refractivity contribution in [3.8, 4) is 5.75 Å². The molecule has 0 fully saturated rings. The molecule has 184 valence electrons. The summed E-state index contributed by atoms with van der Waals surface area (Å²) < 4.78 is 69.1. The monoisotopic (exact) mass is 501 g/mol. The van der Waals surface area contributed by atoms with Gasteiger partial charge in [-0.2, -0.15) is 21.6 Å². The molecule has 0 heterocycles. The van der Waals surface area contributed by atoms with Crippen LogP contribution in [0.25, 0.3) is 0 Å². The maximum absolute atomic E-state index is 13.3. The van der Waals surface area contributed by atoms with Crippen molar-refractivity contribution in [2.24, 2.45) is 4.99 Å². The molecule has 7 rings (SSSR count). The van der Waals surface area contributed by atoms with Crippen molar-refractivity contribution in [2.45, 2.75) is 51.1 Å². The highest BCUT2D eigenvalue weighted by molar-refractivity contribution is 7.88. The number of hydrogen-bond donors (Lipinski definition) is 0. The van der Waals surface area contributed by atoms with E-state index < -0.39 is 15.6 Å². The van der Waals surface area contributed by atoms with Crippen molar-refractivity contribution in [2.75, 3.05) is 0 Å². The van der Waals surface area contributed by atoms with E-state index in [9.17, 15) is 21.6 Å². The second kappa shape index (κ2) is 9.85. The van der Waals surface area contributed by atoms with E-state index in [2.05, 4.69) is 0 Å². The SMILES string of the molecule is CC(=N[C@H](C)c1ccccc1)c1c2ccc(c1OS(=O)(=O)C(F)(F)F)CCc1ccc(cc1)CC2. The van der Waals surface area contributed by atoms with E-state index in [4.69, 9.17) is 9.18 Å². The van der Waals surface area contributed by atoms with Crippen molar-refractivity contribution in [1.82, 2.24) is 0 Å². The molecule has 35 heavy (non-hydrogen) atoms. The van der Waals surface area contributed by atoms with Crippen LogP contribution in [0.5, 0.6) is 5.75 Å². The fraction of sp³-hybridized carbons (Fsp3) is 0.296. The second-order valence-corrected chi connectivity index (χ2v) is 10.2. The Morgan fingerprint density at radius 2 is 1.40 bits per heavy atom. The lowest BCUT2D eigenvalue weighted by molar-refractivity contribution is -0.0500. The van der Waals surface area contributed by atoms with Gasteiger partial charge in [0.15, 0.2) is 5.75 Å². The number of halogens is 3. The number of aryl methyl sites for hydroxylation is 4. The van der Waals surface area contributed by atoms with Gasteiger partial charge in [0.25, 0.3) is 0 Å². The maximum atomic E-state index is 13.3. The van der Waals surface area contributed by atoms with Crippen LogP contribution in [0.2, 0.25) is 0 Å². The fourth-order valence-electron chi connectivity index (χ4n) is 4.31. The molecule has 4 aliphatic rings. The minimum absolute atomic E-state index is 0.281. The molecule has 4 bridgehead atoms. The summed E-state index contributed by atoms with van der Waals surface area (Å²) in [5.74, 6) is -0.281. The number of alkyl halides is 3. The quantitative estimate of drug-likeness (QED) is 0.232. The van der Waals surface area contributed by atoms with Crippen LogP contribution in [0, 0.1) is 0 Å². The molecule has 8 heteroatoms. The molecule has 3 aromatic carbocycles. The van der Waals surface area contributed by atoms with Gasteiger partial charge in [0, 0.05) is 11.3 Å². The average Bonchev–Trinajstić information content (AvgIpc) is 2.80. The summed E-state index contributed by atoms with van der Waals surface area (Å²) in [7, 11) is -5.86. The van der Waals surface area contributed by atoms with Gasteiger partial charge in [-0.25, -0.2) is 0 Å². The van der Waals surface area contributed by atoms with Gasteiger partial charge in [-0.15, -0.1) is 0 Å². The largest absolute Gasteiger partial charge is 0.534 e. The molecular formula is C27H26F3NO3S. The van der Waals surface area contributed by atoms with Crippen molar-refractivity contribution in [3.05, 3.63) is 100 Å². The molecule has 1 atom stereocenters. The topological polar surface area (TPSA) is 55.7 Å². The number of rotatable bonds is 5. The van der Waals surface area contributed by atoms with Crippen LogP contribution in [0.15, 0.2) is 71.7 Å². The normalized spacial score (nSPS) is 15.4.